The smallest absolute Gasteiger partial charge is 0.171 e. The molecule has 3 aromatic rings. The van der Waals surface area contributed by atoms with Gasteiger partial charge < -0.3 is 10.3 Å². The Morgan fingerprint density at radius 2 is 2.05 bits per heavy atom. The highest BCUT2D eigenvalue weighted by atomic mass is 79.9. The highest BCUT2D eigenvalue weighted by Crippen LogP contribution is 2.22. The number of hydrogen-bond acceptors (Lipinski definition) is 3. The number of aryl methyl sites for hydroxylation is 1. The minimum Gasteiger partial charge on any atom is -0.399 e. The molecule has 0 saturated heterocycles. The minimum atomic E-state index is -0.00687. The topological polar surface area (TPSA) is 60.9 Å². The van der Waals surface area contributed by atoms with Gasteiger partial charge in [-0.1, -0.05) is 28.1 Å². The lowest BCUT2D eigenvalue weighted by atomic mass is 10.1. The third-order valence-corrected chi connectivity index (χ3v) is 4.18. The summed E-state index contributed by atoms with van der Waals surface area (Å²) < 4.78 is 2.70. The Balaban J connectivity index is 1.96. The molecule has 2 N–H and O–H groups in total. The number of aromatic nitrogens is 2. The Morgan fingerprint density at radius 3 is 2.81 bits per heavy atom. The van der Waals surface area contributed by atoms with Gasteiger partial charge in [-0.2, -0.15) is 0 Å². The number of imidazole rings is 1. The van der Waals surface area contributed by atoms with Crippen molar-refractivity contribution in [1.82, 2.24) is 9.55 Å². The van der Waals surface area contributed by atoms with E-state index in [9.17, 15) is 4.79 Å². The second-order valence-electron chi connectivity index (χ2n) is 4.91. The number of carbonyl (C=O) groups excluding carboxylic acids is 1. The summed E-state index contributed by atoms with van der Waals surface area (Å²) >= 11 is 3.39. The van der Waals surface area contributed by atoms with Crippen LogP contribution >= 0.6 is 15.9 Å². The van der Waals surface area contributed by atoms with Gasteiger partial charge in [0.15, 0.2) is 5.78 Å². The van der Waals surface area contributed by atoms with E-state index in [0.29, 0.717) is 11.3 Å². The standard InChI is InChI=1S/C16H14BrN3O/c1-20-14-5-3-2-4-13(14)19-16(20)9-15(21)11-8-10(18)6-7-12(11)17/h2-8H,9,18H2,1H3. The molecule has 0 saturated carbocycles. The number of ketones is 1. The van der Waals surface area contributed by atoms with Crippen molar-refractivity contribution in [2.24, 2.45) is 7.05 Å². The number of fused-ring (bicyclic) bond motifs is 1. The Kier molecular flexibility index (Phi) is 3.51. The zero-order chi connectivity index (χ0) is 15.0. The molecule has 0 aliphatic carbocycles. The third-order valence-electron chi connectivity index (χ3n) is 3.49. The van der Waals surface area contributed by atoms with Crippen LogP contribution in [-0.2, 0) is 13.5 Å². The lowest BCUT2D eigenvalue weighted by Gasteiger charge is -2.05. The van der Waals surface area contributed by atoms with Crippen LogP contribution < -0.4 is 5.73 Å². The molecule has 4 nitrogen and oxygen atoms in total. The Labute approximate surface area is 130 Å². The molecule has 0 amide bonds. The summed E-state index contributed by atoms with van der Waals surface area (Å²) in [6.45, 7) is 0. The number of nitrogen functional groups attached to an aromatic ring is 1. The predicted molar refractivity (Wildman–Crippen MR) is 87.3 cm³/mol. The molecule has 0 fully saturated rings. The molecule has 2 aromatic carbocycles. The van der Waals surface area contributed by atoms with Crippen LogP contribution in [-0.4, -0.2) is 15.3 Å². The molecule has 1 heterocycles. The molecule has 0 unspecified atom stereocenters. The first-order valence-corrected chi connectivity index (χ1v) is 7.34. The number of Topliss-reactive ketones (excluding diaryl/α,β-unsaturated/α-hetero) is 1. The van der Waals surface area contributed by atoms with Gasteiger partial charge in [0.1, 0.15) is 5.82 Å². The van der Waals surface area contributed by atoms with Crippen molar-refractivity contribution in [2.45, 2.75) is 6.42 Å². The molecule has 106 valence electrons. The number of nitrogens with two attached hydrogens (primary N) is 1. The summed E-state index contributed by atoms with van der Waals surface area (Å²) in [4.78, 5) is 17.0. The van der Waals surface area contributed by atoms with Crippen LogP contribution in [0.4, 0.5) is 5.69 Å². The zero-order valence-electron chi connectivity index (χ0n) is 11.5. The van der Waals surface area contributed by atoms with Gasteiger partial charge in [0.2, 0.25) is 0 Å². The van der Waals surface area contributed by atoms with Crippen molar-refractivity contribution in [3.05, 3.63) is 58.3 Å². The first-order valence-electron chi connectivity index (χ1n) is 6.55. The van der Waals surface area contributed by atoms with Gasteiger partial charge >= 0.3 is 0 Å². The van der Waals surface area contributed by atoms with E-state index < -0.39 is 0 Å². The van der Waals surface area contributed by atoms with Gasteiger partial charge in [0.05, 0.1) is 17.5 Å². The van der Waals surface area contributed by atoms with E-state index >= 15 is 0 Å². The van der Waals surface area contributed by atoms with Crippen molar-refractivity contribution in [3.63, 3.8) is 0 Å². The molecule has 0 bridgehead atoms. The second kappa shape index (κ2) is 5.33. The predicted octanol–water partition coefficient (Wildman–Crippen LogP) is 3.34. The fourth-order valence-electron chi connectivity index (χ4n) is 2.35. The number of rotatable bonds is 3. The maximum Gasteiger partial charge on any atom is 0.171 e. The Bertz CT molecular complexity index is 839. The summed E-state index contributed by atoms with van der Waals surface area (Å²) in [7, 11) is 1.92. The highest BCUT2D eigenvalue weighted by Gasteiger charge is 2.15. The third kappa shape index (κ3) is 2.56. The van der Waals surface area contributed by atoms with Crippen LogP contribution in [0, 0.1) is 0 Å². The summed E-state index contributed by atoms with van der Waals surface area (Å²) in [6.07, 6.45) is 0.243. The van der Waals surface area contributed by atoms with Gasteiger partial charge in [0, 0.05) is 22.8 Å². The van der Waals surface area contributed by atoms with Gasteiger partial charge in [-0.3, -0.25) is 4.79 Å². The van der Waals surface area contributed by atoms with Crippen molar-refractivity contribution in [3.8, 4) is 0 Å². The number of benzene rings is 2. The van der Waals surface area contributed by atoms with E-state index in [4.69, 9.17) is 5.73 Å². The first kappa shape index (κ1) is 13.8. The molecule has 0 radical (unpaired) electrons. The van der Waals surface area contributed by atoms with Crippen LogP contribution in [0.1, 0.15) is 16.2 Å². The number of para-hydroxylation sites is 2. The SMILES string of the molecule is Cn1c(CC(=O)c2cc(N)ccc2Br)nc2ccccc21. The first-order chi connectivity index (χ1) is 10.1. The zero-order valence-corrected chi connectivity index (χ0v) is 13.1. The lowest BCUT2D eigenvalue weighted by Crippen LogP contribution is -2.09. The maximum atomic E-state index is 12.5. The largest absolute Gasteiger partial charge is 0.399 e. The second-order valence-corrected chi connectivity index (χ2v) is 5.77. The number of carbonyl (C=O) groups is 1. The summed E-state index contributed by atoms with van der Waals surface area (Å²) in [5, 5.41) is 0. The van der Waals surface area contributed by atoms with Crippen LogP contribution in [0.3, 0.4) is 0 Å². The molecule has 21 heavy (non-hydrogen) atoms. The van der Waals surface area contributed by atoms with Crippen molar-refractivity contribution in [2.75, 3.05) is 5.73 Å². The van der Waals surface area contributed by atoms with Crippen molar-refractivity contribution in [1.29, 1.82) is 0 Å². The normalized spacial score (nSPS) is 11.0. The van der Waals surface area contributed by atoms with E-state index in [1.807, 2.05) is 35.9 Å². The average molecular weight is 344 g/mol. The number of nitrogens with zero attached hydrogens (tertiary/aromatic N) is 2. The average Bonchev–Trinajstić information content (AvgIpc) is 2.78. The highest BCUT2D eigenvalue weighted by molar-refractivity contribution is 9.10. The quantitative estimate of drug-likeness (QED) is 0.586. The van der Waals surface area contributed by atoms with E-state index in [1.54, 1.807) is 18.2 Å². The fourth-order valence-corrected chi connectivity index (χ4v) is 2.82. The van der Waals surface area contributed by atoms with Crippen LogP contribution in [0.2, 0.25) is 0 Å². The van der Waals surface area contributed by atoms with Crippen molar-refractivity contribution < 1.29 is 4.79 Å². The molecule has 3 rings (SSSR count). The van der Waals surface area contributed by atoms with Crippen LogP contribution in [0.5, 0.6) is 0 Å². The molecule has 0 aliphatic rings. The number of halogens is 1. The maximum absolute atomic E-state index is 12.5. The van der Waals surface area contributed by atoms with Crippen LogP contribution in [0.25, 0.3) is 11.0 Å². The number of hydrogen-bond donors (Lipinski definition) is 1. The molecule has 0 atom stereocenters. The fraction of sp³-hybridized carbons (Fsp3) is 0.125. The molecular weight excluding hydrogens is 330 g/mol. The molecule has 0 aliphatic heterocycles. The van der Waals surface area contributed by atoms with E-state index in [-0.39, 0.29) is 12.2 Å². The van der Waals surface area contributed by atoms with Gasteiger partial charge in [-0.25, -0.2) is 4.98 Å². The Hall–Kier alpha value is -2.14. The summed E-state index contributed by atoms with van der Waals surface area (Å²) in [5.74, 6) is 0.739. The van der Waals surface area contributed by atoms with E-state index in [2.05, 4.69) is 20.9 Å². The van der Waals surface area contributed by atoms with Crippen LogP contribution in [0.15, 0.2) is 46.9 Å². The van der Waals surface area contributed by atoms with Gasteiger partial charge in [-0.05, 0) is 30.3 Å². The van der Waals surface area contributed by atoms with Gasteiger partial charge in [0.25, 0.3) is 0 Å². The van der Waals surface area contributed by atoms with E-state index in [1.165, 1.54) is 0 Å². The molecular formula is C16H14BrN3O. The monoisotopic (exact) mass is 343 g/mol. The van der Waals surface area contributed by atoms with E-state index in [0.717, 1.165) is 21.3 Å². The van der Waals surface area contributed by atoms with Gasteiger partial charge in [-0.15, -0.1) is 0 Å². The minimum absolute atomic E-state index is 0.00687. The molecule has 5 heteroatoms. The summed E-state index contributed by atoms with van der Waals surface area (Å²) in [5.41, 5.74) is 8.83. The Morgan fingerprint density at radius 1 is 1.29 bits per heavy atom. The molecule has 1 aromatic heterocycles. The summed E-state index contributed by atoms with van der Waals surface area (Å²) in [6, 6.07) is 13.1. The lowest BCUT2D eigenvalue weighted by molar-refractivity contribution is 0.0989. The van der Waals surface area contributed by atoms with Crippen molar-refractivity contribution >= 4 is 38.4 Å². The molecule has 0 spiro atoms. The number of anilines is 1.